The van der Waals surface area contributed by atoms with Gasteiger partial charge in [-0.05, 0) is 18.2 Å². The fourth-order valence-corrected chi connectivity index (χ4v) is 1.27. The van der Waals surface area contributed by atoms with Gasteiger partial charge in [0.15, 0.2) is 0 Å². The van der Waals surface area contributed by atoms with Crippen molar-refractivity contribution in [2.24, 2.45) is 0 Å². The molecule has 0 radical (unpaired) electrons. The Balaban J connectivity index is 2.46. The van der Waals surface area contributed by atoms with Crippen molar-refractivity contribution in [1.82, 2.24) is 9.97 Å². The summed E-state index contributed by atoms with van der Waals surface area (Å²) in [5, 5.41) is 8.82. The Labute approximate surface area is 86.2 Å². The van der Waals surface area contributed by atoms with Crippen LogP contribution in [0.5, 0.6) is 0 Å². The number of rotatable bonds is 2. The normalized spacial score (nSPS) is 9.87. The van der Waals surface area contributed by atoms with Crippen molar-refractivity contribution in [3.8, 4) is 11.3 Å². The number of hydrogen-bond acceptors (Lipinski definition) is 3. The summed E-state index contributed by atoms with van der Waals surface area (Å²) >= 11 is 0. The molecule has 0 amide bonds. The van der Waals surface area contributed by atoms with Crippen LogP contribution < -0.4 is 0 Å². The van der Waals surface area contributed by atoms with Gasteiger partial charge in [0.25, 0.3) is 0 Å². The molecule has 0 bridgehead atoms. The van der Waals surface area contributed by atoms with Crippen LogP contribution in [-0.2, 0) is 0 Å². The summed E-state index contributed by atoms with van der Waals surface area (Å²) in [6.45, 7) is 0. The molecule has 0 aliphatic carbocycles. The molecule has 1 heterocycles. The number of carboxylic acids is 1. The van der Waals surface area contributed by atoms with E-state index in [2.05, 4.69) is 9.97 Å². The molecule has 4 heteroatoms. The van der Waals surface area contributed by atoms with E-state index in [1.165, 1.54) is 6.33 Å². The van der Waals surface area contributed by atoms with Crippen LogP contribution in [0.4, 0.5) is 0 Å². The van der Waals surface area contributed by atoms with Crippen LogP contribution in [0.2, 0.25) is 0 Å². The number of aromatic carboxylic acids is 1. The van der Waals surface area contributed by atoms with Gasteiger partial charge in [-0.3, -0.25) is 0 Å². The van der Waals surface area contributed by atoms with Crippen molar-refractivity contribution in [1.29, 1.82) is 0 Å². The smallest absolute Gasteiger partial charge is 0.335 e. The highest BCUT2D eigenvalue weighted by atomic mass is 16.4. The maximum Gasteiger partial charge on any atom is 0.335 e. The zero-order valence-electron chi connectivity index (χ0n) is 7.79. The number of nitrogens with zero attached hydrogens (tertiary/aromatic N) is 2. The van der Waals surface area contributed by atoms with Crippen molar-refractivity contribution in [2.75, 3.05) is 0 Å². The van der Waals surface area contributed by atoms with E-state index in [-0.39, 0.29) is 5.56 Å². The number of carbonyl (C=O) groups is 1. The van der Waals surface area contributed by atoms with E-state index < -0.39 is 5.97 Å². The molecule has 2 aromatic rings. The monoisotopic (exact) mass is 200 g/mol. The molecule has 0 saturated carbocycles. The fourth-order valence-electron chi connectivity index (χ4n) is 1.27. The molecule has 0 aliphatic heterocycles. The minimum atomic E-state index is -0.939. The Morgan fingerprint density at radius 2 is 2.13 bits per heavy atom. The Hall–Kier alpha value is -2.23. The lowest BCUT2D eigenvalue weighted by atomic mass is 10.1. The third-order valence-electron chi connectivity index (χ3n) is 1.99. The zero-order valence-corrected chi connectivity index (χ0v) is 7.79. The summed E-state index contributed by atoms with van der Waals surface area (Å²) in [6.07, 6.45) is 3.05. The highest BCUT2D eigenvalue weighted by molar-refractivity contribution is 5.89. The Bertz CT molecular complexity index is 483. The Morgan fingerprint density at radius 1 is 1.27 bits per heavy atom. The minimum Gasteiger partial charge on any atom is -0.478 e. The molecule has 1 N–H and O–H groups in total. The molecule has 0 atom stereocenters. The van der Waals surface area contributed by atoms with Crippen LogP contribution in [0.1, 0.15) is 10.4 Å². The van der Waals surface area contributed by atoms with E-state index in [0.29, 0.717) is 5.69 Å². The predicted molar refractivity (Wildman–Crippen MR) is 54.4 cm³/mol. The van der Waals surface area contributed by atoms with E-state index in [4.69, 9.17) is 5.11 Å². The van der Waals surface area contributed by atoms with Crippen molar-refractivity contribution >= 4 is 5.97 Å². The molecule has 0 spiro atoms. The molecule has 15 heavy (non-hydrogen) atoms. The lowest BCUT2D eigenvalue weighted by molar-refractivity contribution is 0.0697. The van der Waals surface area contributed by atoms with Gasteiger partial charge in [-0.25, -0.2) is 14.8 Å². The van der Waals surface area contributed by atoms with Gasteiger partial charge in [0.1, 0.15) is 6.33 Å². The van der Waals surface area contributed by atoms with E-state index in [1.54, 1.807) is 30.5 Å². The molecule has 0 aliphatic rings. The van der Waals surface area contributed by atoms with Crippen LogP contribution in [0, 0.1) is 0 Å². The lowest BCUT2D eigenvalue weighted by Gasteiger charge is -2.00. The van der Waals surface area contributed by atoms with Crippen LogP contribution in [0.3, 0.4) is 0 Å². The average molecular weight is 200 g/mol. The molecular formula is C11H8N2O2. The van der Waals surface area contributed by atoms with Crippen molar-refractivity contribution in [2.45, 2.75) is 0 Å². The molecule has 0 unspecified atom stereocenters. The van der Waals surface area contributed by atoms with Gasteiger partial charge in [-0.1, -0.05) is 12.1 Å². The zero-order chi connectivity index (χ0) is 10.7. The molecule has 1 aromatic heterocycles. The first kappa shape index (κ1) is 9.33. The highest BCUT2D eigenvalue weighted by Gasteiger charge is 2.04. The minimum absolute atomic E-state index is 0.256. The third-order valence-corrected chi connectivity index (χ3v) is 1.99. The van der Waals surface area contributed by atoms with Gasteiger partial charge < -0.3 is 5.11 Å². The second kappa shape index (κ2) is 3.88. The topological polar surface area (TPSA) is 63.1 Å². The molecular weight excluding hydrogens is 192 g/mol. The summed E-state index contributed by atoms with van der Waals surface area (Å²) in [5.41, 5.74) is 1.75. The quantitative estimate of drug-likeness (QED) is 0.803. The number of hydrogen-bond donors (Lipinski definition) is 1. The Kier molecular flexibility index (Phi) is 2.41. The SMILES string of the molecule is O=C(O)c1cccc(-c2ccncn2)c1. The van der Waals surface area contributed by atoms with Gasteiger partial charge in [-0.15, -0.1) is 0 Å². The first-order valence-corrected chi connectivity index (χ1v) is 4.37. The largest absolute Gasteiger partial charge is 0.478 e. The summed E-state index contributed by atoms with van der Waals surface area (Å²) in [5.74, 6) is -0.939. The van der Waals surface area contributed by atoms with Crippen LogP contribution in [0.25, 0.3) is 11.3 Å². The van der Waals surface area contributed by atoms with Gasteiger partial charge >= 0.3 is 5.97 Å². The number of carboxylic acid groups (broad SMARTS) is 1. The molecule has 4 nitrogen and oxygen atoms in total. The molecule has 74 valence electrons. The van der Waals surface area contributed by atoms with E-state index in [1.807, 2.05) is 6.07 Å². The standard InChI is InChI=1S/C11H8N2O2/c14-11(15)9-3-1-2-8(6-9)10-4-5-12-7-13-10/h1-7H,(H,14,15). The lowest BCUT2D eigenvalue weighted by Crippen LogP contribution is -1.96. The van der Waals surface area contributed by atoms with Gasteiger partial charge in [0.2, 0.25) is 0 Å². The van der Waals surface area contributed by atoms with E-state index in [9.17, 15) is 4.79 Å². The summed E-state index contributed by atoms with van der Waals surface area (Å²) in [7, 11) is 0. The second-order valence-corrected chi connectivity index (χ2v) is 2.98. The fraction of sp³-hybridized carbons (Fsp3) is 0. The van der Waals surface area contributed by atoms with Crippen LogP contribution >= 0.6 is 0 Å². The average Bonchev–Trinajstić information content (AvgIpc) is 2.30. The summed E-state index contributed by atoms with van der Waals surface area (Å²) in [6, 6.07) is 8.38. The highest BCUT2D eigenvalue weighted by Crippen LogP contribution is 2.16. The number of benzene rings is 1. The first-order valence-electron chi connectivity index (χ1n) is 4.37. The van der Waals surface area contributed by atoms with E-state index >= 15 is 0 Å². The summed E-state index contributed by atoms with van der Waals surface area (Å²) < 4.78 is 0. The number of aromatic nitrogens is 2. The van der Waals surface area contributed by atoms with Crippen molar-refractivity contribution in [3.63, 3.8) is 0 Å². The maximum atomic E-state index is 10.8. The first-order chi connectivity index (χ1) is 7.27. The van der Waals surface area contributed by atoms with Gasteiger partial charge in [0.05, 0.1) is 11.3 Å². The predicted octanol–water partition coefficient (Wildman–Crippen LogP) is 1.84. The molecule has 2 rings (SSSR count). The third kappa shape index (κ3) is 1.99. The van der Waals surface area contributed by atoms with Gasteiger partial charge in [-0.2, -0.15) is 0 Å². The summed E-state index contributed by atoms with van der Waals surface area (Å²) in [4.78, 5) is 18.6. The van der Waals surface area contributed by atoms with Crippen LogP contribution in [-0.4, -0.2) is 21.0 Å². The van der Waals surface area contributed by atoms with E-state index in [0.717, 1.165) is 5.56 Å². The van der Waals surface area contributed by atoms with Gasteiger partial charge in [0, 0.05) is 11.8 Å². The maximum absolute atomic E-state index is 10.8. The van der Waals surface area contributed by atoms with Crippen molar-refractivity contribution < 1.29 is 9.90 Å². The second-order valence-electron chi connectivity index (χ2n) is 2.98. The molecule has 0 saturated heterocycles. The van der Waals surface area contributed by atoms with Crippen LogP contribution in [0.15, 0.2) is 42.9 Å². The van der Waals surface area contributed by atoms with Crippen molar-refractivity contribution in [3.05, 3.63) is 48.4 Å². The Morgan fingerprint density at radius 3 is 2.80 bits per heavy atom. The molecule has 0 fully saturated rings. The molecule has 1 aromatic carbocycles.